The lowest BCUT2D eigenvalue weighted by molar-refractivity contribution is -0.133. The largest absolute Gasteiger partial charge is 0.490 e. The summed E-state index contributed by atoms with van der Waals surface area (Å²) in [7, 11) is 3.45. The van der Waals surface area contributed by atoms with Crippen LogP contribution in [0.25, 0.3) is 0 Å². The lowest BCUT2D eigenvalue weighted by atomic mass is 10.1. The zero-order valence-electron chi connectivity index (χ0n) is 18.9. The molecule has 0 unspecified atom stereocenters. The Morgan fingerprint density at radius 1 is 1.13 bits per heavy atom. The Balaban J connectivity index is 1.41. The number of rotatable bonds is 9. The van der Waals surface area contributed by atoms with Gasteiger partial charge in [0.25, 0.3) is 5.91 Å². The third-order valence-corrected chi connectivity index (χ3v) is 6.13. The van der Waals surface area contributed by atoms with Crippen LogP contribution < -0.4 is 4.74 Å². The molecule has 0 radical (unpaired) electrons. The molecular formula is C24H36N2O5. The monoisotopic (exact) mass is 432 g/mol. The van der Waals surface area contributed by atoms with Gasteiger partial charge in [-0.15, -0.1) is 0 Å². The average Bonchev–Trinajstić information content (AvgIpc) is 2.82. The highest BCUT2D eigenvalue weighted by molar-refractivity contribution is 5.94. The van der Waals surface area contributed by atoms with E-state index in [2.05, 4.69) is 0 Å². The molecule has 1 aromatic rings. The van der Waals surface area contributed by atoms with Gasteiger partial charge in [-0.05, 0) is 49.9 Å². The molecule has 172 valence electrons. The molecule has 2 saturated heterocycles. The molecule has 1 atom stereocenters. The van der Waals surface area contributed by atoms with Crippen molar-refractivity contribution in [2.75, 3.05) is 47.0 Å². The van der Waals surface area contributed by atoms with Gasteiger partial charge in [0.2, 0.25) is 5.91 Å². The molecule has 0 aliphatic carbocycles. The normalized spacial score (nSPS) is 19.8. The maximum absolute atomic E-state index is 12.7. The average molecular weight is 433 g/mol. The highest BCUT2D eigenvalue weighted by Gasteiger charge is 2.24. The fourth-order valence-electron chi connectivity index (χ4n) is 4.13. The van der Waals surface area contributed by atoms with E-state index in [1.807, 2.05) is 36.2 Å². The molecule has 2 aliphatic rings. The van der Waals surface area contributed by atoms with Crippen molar-refractivity contribution in [1.82, 2.24) is 9.80 Å². The van der Waals surface area contributed by atoms with E-state index < -0.39 is 0 Å². The van der Waals surface area contributed by atoms with Crippen molar-refractivity contribution in [2.45, 2.75) is 57.2 Å². The van der Waals surface area contributed by atoms with Gasteiger partial charge in [-0.3, -0.25) is 9.59 Å². The Kier molecular flexibility index (Phi) is 9.15. The van der Waals surface area contributed by atoms with E-state index in [4.69, 9.17) is 14.2 Å². The highest BCUT2D eigenvalue weighted by atomic mass is 16.5. The van der Waals surface area contributed by atoms with Gasteiger partial charge in [0.05, 0.1) is 19.1 Å². The van der Waals surface area contributed by atoms with Gasteiger partial charge in [-0.2, -0.15) is 0 Å². The van der Waals surface area contributed by atoms with Crippen LogP contribution in [0.3, 0.4) is 0 Å². The molecule has 0 saturated carbocycles. The van der Waals surface area contributed by atoms with Gasteiger partial charge in [-0.1, -0.05) is 0 Å². The van der Waals surface area contributed by atoms with Crippen molar-refractivity contribution in [3.05, 3.63) is 29.8 Å². The summed E-state index contributed by atoms with van der Waals surface area (Å²) in [5, 5.41) is 0. The fourth-order valence-corrected chi connectivity index (χ4v) is 4.13. The number of hydrogen-bond acceptors (Lipinski definition) is 5. The zero-order valence-corrected chi connectivity index (χ0v) is 18.9. The Labute approximate surface area is 185 Å². The summed E-state index contributed by atoms with van der Waals surface area (Å²) in [6, 6.07) is 7.38. The predicted molar refractivity (Wildman–Crippen MR) is 118 cm³/mol. The number of amides is 2. The molecule has 0 N–H and O–H groups in total. The van der Waals surface area contributed by atoms with Crippen LogP contribution in [0.4, 0.5) is 0 Å². The molecule has 3 rings (SSSR count). The number of likely N-dealkylation sites (tertiary alicyclic amines) is 1. The molecular weight excluding hydrogens is 396 g/mol. The van der Waals surface area contributed by atoms with Crippen molar-refractivity contribution < 1.29 is 23.8 Å². The Hall–Kier alpha value is -2.12. The molecule has 0 spiro atoms. The van der Waals surface area contributed by atoms with Gasteiger partial charge in [0.1, 0.15) is 11.9 Å². The lowest BCUT2D eigenvalue weighted by Crippen LogP contribution is -2.42. The van der Waals surface area contributed by atoms with E-state index in [1.165, 1.54) is 6.42 Å². The van der Waals surface area contributed by atoms with Crippen molar-refractivity contribution in [3.63, 3.8) is 0 Å². The smallest absolute Gasteiger partial charge is 0.253 e. The number of hydrogen-bond donors (Lipinski definition) is 0. The van der Waals surface area contributed by atoms with Gasteiger partial charge >= 0.3 is 0 Å². The molecule has 31 heavy (non-hydrogen) atoms. The van der Waals surface area contributed by atoms with E-state index in [0.717, 1.165) is 44.5 Å². The lowest BCUT2D eigenvalue weighted by Gasteiger charge is -2.32. The SMILES string of the molecule is COCCC(=O)N1CCC(Oc2ccc(C(=O)N(C)CC[C@H]3CCCCO3)cc2)CC1. The second-order valence-corrected chi connectivity index (χ2v) is 8.47. The van der Waals surface area contributed by atoms with Gasteiger partial charge in [-0.25, -0.2) is 0 Å². The number of methoxy groups -OCH3 is 1. The molecule has 7 heteroatoms. The summed E-state index contributed by atoms with van der Waals surface area (Å²) in [4.78, 5) is 28.4. The van der Waals surface area contributed by atoms with Gasteiger partial charge < -0.3 is 24.0 Å². The van der Waals surface area contributed by atoms with Crippen LogP contribution in [0.15, 0.2) is 24.3 Å². The first-order valence-electron chi connectivity index (χ1n) is 11.5. The molecule has 2 fully saturated rings. The van der Waals surface area contributed by atoms with Gasteiger partial charge in [0.15, 0.2) is 0 Å². The summed E-state index contributed by atoms with van der Waals surface area (Å²) in [5.74, 6) is 0.923. The van der Waals surface area contributed by atoms with Crippen LogP contribution in [0, 0.1) is 0 Å². The van der Waals surface area contributed by atoms with Crippen LogP contribution >= 0.6 is 0 Å². The van der Waals surface area contributed by atoms with Gasteiger partial charge in [0, 0.05) is 58.8 Å². The fraction of sp³-hybridized carbons (Fsp3) is 0.667. The highest BCUT2D eigenvalue weighted by Crippen LogP contribution is 2.21. The molecule has 0 bridgehead atoms. The minimum atomic E-state index is 0.0187. The Bertz CT molecular complexity index is 694. The second-order valence-electron chi connectivity index (χ2n) is 8.47. The minimum absolute atomic E-state index is 0.0187. The molecule has 2 heterocycles. The van der Waals surface area contributed by atoms with E-state index in [-0.39, 0.29) is 24.0 Å². The maximum atomic E-state index is 12.7. The summed E-state index contributed by atoms with van der Waals surface area (Å²) in [5.41, 5.74) is 0.665. The number of ether oxygens (including phenoxy) is 3. The summed E-state index contributed by atoms with van der Waals surface area (Å²) in [6.07, 6.45) is 6.76. The second kappa shape index (κ2) is 12.1. The van der Waals surface area contributed by atoms with E-state index >= 15 is 0 Å². The third kappa shape index (κ3) is 7.21. The number of piperidine rings is 1. The molecule has 2 aliphatic heterocycles. The number of carbonyl (C=O) groups is 2. The molecule has 0 aromatic heterocycles. The van der Waals surface area contributed by atoms with E-state index in [0.29, 0.717) is 38.2 Å². The third-order valence-electron chi connectivity index (χ3n) is 6.13. The summed E-state index contributed by atoms with van der Waals surface area (Å²) >= 11 is 0. The molecule has 2 amide bonds. The van der Waals surface area contributed by atoms with Crippen LogP contribution in [0.5, 0.6) is 5.75 Å². The molecule has 7 nitrogen and oxygen atoms in total. The first-order chi connectivity index (χ1) is 15.1. The van der Waals surface area contributed by atoms with Crippen LogP contribution in [0.1, 0.15) is 55.3 Å². The van der Waals surface area contributed by atoms with E-state index in [1.54, 1.807) is 12.0 Å². The standard InChI is InChI=1S/C24H36N2O5/c1-25(14-10-20-5-3-4-17-30-20)24(28)19-6-8-21(9-7-19)31-22-11-15-26(16-12-22)23(27)13-18-29-2/h6-9,20,22H,3-5,10-18H2,1-2H3/t20-/m1/s1. The number of carbonyl (C=O) groups excluding carboxylic acids is 2. The van der Waals surface area contributed by atoms with Crippen LogP contribution in [0.2, 0.25) is 0 Å². The summed E-state index contributed by atoms with van der Waals surface area (Å²) < 4.78 is 16.8. The van der Waals surface area contributed by atoms with E-state index in [9.17, 15) is 9.59 Å². The first-order valence-corrected chi connectivity index (χ1v) is 11.5. The Morgan fingerprint density at radius 3 is 2.52 bits per heavy atom. The van der Waals surface area contributed by atoms with Crippen LogP contribution in [-0.4, -0.2) is 80.8 Å². The number of benzene rings is 1. The maximum Gasteiger partial charge on any atom is 0.253 e. The Morgan fingerprint density at radius 2 is 1.87 bits per heavy atom. The first kappa shape index (κ1) is 23.5. The topological polar surface area (TPSA) is 68.3 Å². The van der Waals surface area contributed by atoms with Crippen molar-refractivity contribution in [2.24, 2.45) is 0 Å². The number of nitrogens with zero attached hydrogens (tertiary/aromatic N) is 2. The van der Waals surface area contributed by atoms with Crippen molar-refractivity contribution in [3.8, 4) is 5.75 Å². The summed E-state index contributed by atoms with van der Waals surface area (Å²) in [6.45, 7) is 3.42. The van der Waals surface area contributed by atoms with Crippen molar-refractivity contribution in [1.29, 1.82) is 0 Å². The molecule has 1 aromatic carbocycles. The van der Waals surface area contributed by atoms with Crippen LogP contribution in [-0.2, 0) is 14.3 Å². The minimum Gasteiger partial charge on any atom is -0.490 e. The quantitative estimate of drug-likeness (QED) is 0.600. The van der Waals surface area contributed by atoms with Crippen molar-refractivity contribution >= 4 is 11.8 Å². The zero-order chi connectivity index (χ0) is 22.1. The predicted octanol–water partition coefficient (Wildman–Crippen LogP) is 3.12.